The molecule has 174 valence electrons. The van der Waals surface area contributed by atoms with Crippen LogP contribution >= 0.6 is 24.0 Å². The molecule has 0 atom stereocenters. The van der Waals surface area contributed by atoms with Gasteiger partial charge in [0.1, 0.15) is 15.6 Å². The van der Waals surface area contributed by atoms with Crippen molar-refractivity contribution in [3.63, 3.8) is 0 Å². The highest BCUT2D eigenvalue weighted by molar-refractivity contribution is 14.0. The number of ether oxygens (including phenoxy) is 1. The Morgan fingerprint density at radius 3 is 2.37 bits per heavy atom. The van der Waals surface area contributed by atoms with Gasteiger partial charge < -0.3 is 15.4 Å². The van der Waals surface area contributed by atoms with Crippen LogP contribution in [0.1, 0.15) is 31.4 Å². The third kappa shape index (κ3) is 12.5. The molecule has 1 aromatic rings. The summed E-state index contributed by atoms with van der Waals surface area (Å²) < 4.78 is 65.1. The molecular weight excluding hydrogens is 534 g/mol. The number of alkyl halides is 3. The Morgan fingerprint density at radius 2 is 1.83 bits per heavy atom. The molecule has 0 saturated carbocycles. The number of aryl methyl sites for hydroxylation is 1. The summed E-state index contributed by atoms with van der Waals surface area (Å²) in [5.74, 6) is 0.718. The van der Waals surface area contributed by atoms with Crippen LogP contribution in [0.2, 0.25) is 0 Å². The number of aliphatic imine (C=N–C) groups is 1. The molecule has 6 nitrogen and oxygen atoms in total. The molecule has 0 heterocycles. The van der Waals surface area contributed by atoms with E-state index in [0.717, 1.165) is 5.56 Å². The topological polar surface area (TPSA) is 79.8 Å². The second-order valence-electron chi connectivity index (χ2n) is 7.84. The van der Waals surface area contributed by atoms with Crippen molar-refractivity contribution < 1.29 is 26.3 Å². The zero-order valence-corrected chi connectivity index (χ0v) is 21.0. The minimum atomic E-state index is -4.41. The van der Waals surface area contributed by atoms with Crippen LogP contribution in [0, 0.1) is 12.3 Å². The maximum atomic E-state index is 12.5. The Balaban J connectivity index is 0.00000841. The minimum absolute atomic E-state index is 0. The third-order valence-corrected chi connectivity index (χ3v) is 5.11. The van der Waals surface area contributed by atoms with E-state index < -0.39 is 22.6 Å². The molecule has 0 aliphatic heterocycles. The van der Waals surface area contributed by atoms with Crippen LogP contribution in [-0.2, 0) is 16.4 Å². The third-order valence-electron chi connectivity index (χ3n) is 4.17. The monoisotopic (exact) mass is 565 g/mol. The lowest BCUT2D eigenvalue weighted by Crippen LogP contribution is -2.42. The largest absolute Gasteiger partial charge is 0.484 e. The number of halogens is 4. The summed E-state index contributed by atoms with van der Waals surface area (Å²) in [6.45, 7) is 5.01. The molecule has 1 rings (SSSR count). The zero-order chi connectivity index (χ0) is 22.3. The van der Waals surface area contributed by atoms with Crippen molar-refractivity contribution in [2.75, 3.05) is 32.2 Å². The Kier molecular flexibility index (Phi) is 11.5. The first-order valence-corrected chi connectivity index (χ1v) is 11.2. The van der Waals surface area contributed by atoms with Crippen molar-refractivity contribution in [2.24, 2.45) is 10.4 Å². The predicted octanol–water partition coefficient (Wildman–Crippen LogP) is 3.68. The van der Waals surface area contributed by atoms with Gasteiger partial charge in [-0.25, -0.2) is 8.42 Å². The van der Waals surface area contributed by atoms with Gasteiger partial charge in [-0.05, 0) is 30.4 Å². The van der Waals surface area contributed by atoms with E-state index in [2.05, 4.69) is 15.6 Å². The van der Waals surface area contributed by atoms with Crippen molar-refractivity contribution in [2.45, 2.75) is 39.9 Å². The molecule has 0 aromatic heterocycles. The van der Waals surface area contributed by atoms with E-state index >= 15 is 0 Å². The molecule has 0 saturated heterocycles. The van der Waals surface area contributed by atoms with Crippen molar-refractivity contribution in [3.8, 4) is 5.75 Å². The summed E-state index contributed by atoms with van der Waals surface area (Å²) in [6, 6.07) is 5.06. The quantitative estimate of drug-likeness (QED) is 0.272. The lowest BCUT2D eigenvalue weighted by atomic mass is 9.90. The lowest BCUT2D eigenvalue weighted by molar-refractivity contribution is -0.153. The number of benzene rings is 1. The molecule has 0 unspecified atom stereocenters. The van der Waals surface area contributed by atoms with Crippen LogP contribution in [-0.4, -0.2) is 52.8 Å². The number of nitrogens with one attached hydrogen (secondary N) is 2. The summed E-state index contributed by atoms with van der Waals surface area (Å²) >= 11 is 0. The molecular formula is C19H31F3IN3O3S. The highest BCUT2D eigenvalue weighted by Crippen LogP contribution is 2.24. The molecule has 0 bridgehead atoms. The van der Waals surface area contributed by atoms with E-state index in [-0.39, 0.29) is 47.4 Å². The van der Waals surface area contributed by atoms with E-state index in [4.69, 9.17) is 4.74 Å². The van der Waals surface area contributed by atoms with Gasteiger partial charge in [0, 0.05) is 32.0 Å². The first kappa shape index (κ1) is 28.8. The second-order valence-corrected chi connectivity index (χ2v) is 10.1. The second kappa shape index (κ2) is 12.0. The van der Waals surface area contributed by atoms with Gasteiger partial charge in [0.05, 0.1) is 5.75 Å². The average Bonchev–Trinajstić information content (AvgIpc) is 2.58. The Bertz CT molecular complexity index is 813. The smallest absolute Gasteiger partial charge is 0.422 e. The minimum Gasteiger partial charge on any atom is -0.484 e. The number of guanidine groups is 1. The standard InChI is InChI=1S/C19H30F3N3O3S.HI/c1-14-6-7-15(16(10-14)28-13-19(20,21)22)11-24-17(23-4)25-12-18(2,3)8-9-29(5,26)27;/h6-7,10H,8-9,11-13H2,1-5H3,(H2,23,24,25);1H. The molecule has 30 heavy (non-hydrogen) atoms. The molecule has 1 aromatic carbocycles. The fraction of sp³-hybridized carbons (Fsp3) is 0.632. The van der Waals surface area contributed by atoms with Crippen molar-refractivity contribution in [1.29, 1.82) is 0 Å². The highest BCUT2D eigenvalue weighted by Gasteiger charge is 2.29. The molecule has 0 fully saturated rings. The SMILES string of the molecule is CN=C(NCc1ccc(C)cc1OCC(F)(F)F)NCC(C)(C)CCS(C)(=O)=O.I. The fourth-order valence-electron chi connectivity index (χ4n) is 2.37. The lowest BCUT2D eigenvalue weighted by Gasteiger charge is -2.26. The molecule has 0 amide bonds. The normalized spacial score (nSPS) is 12.9. The van der Waals surface area contributed by atoms with Gasteiger partial charge in [-0.2, -0.15) is 13.2 Å². The van der Waals surface area contributed by atoms with Gasteiger partial charge in [0.15, 0.2) is 12.6 Å². The highest BCUT2D eigenvalue weighted by atomic mass is 127. The van der Waals surface area contributed by atoms with Crippen LogP contribution in [0.4, 0.5) is 13.2 Å². The van der Waals surface area contributed by atoms with Gasteiger partial charge in [0.2, 0.25) is 0 Å². The number of nitrogens with zero attached hydrogens (tertiary/aromatic N) is 1. The summed E-state index contributed by atoms with van der Waals surface area (Å²) in [7, 11) is -1.46. The van der Waals surface area contributed by atoms with Crippen LogP contribution in [0.15, 0.2) is 23.2 Å². The van der Waals surface area contributed by atoms with Gasteiger partial charge in [0.25, 0.3) is 0 Å². The summed E-state index contributed by atoms with van der Waals surface area (Å²) in [6.07, 6.45) is -2.72. The van der Waals surface area contributed by atoms with Crippen LogP contribution < -0.4 is 15.4 Å². The van der Waals surface area contributed by atoms with E-state index in [1.165, 1.54) is 6.26 Å². The Labute approximate surface area is 194 Å². The Hall–Kier alpha value is -1.24. The van der Waals surface area contributed by atoms with Crippen LogP contribution in [0.3, 0.4) is 0 Å². The zero-order valence-electron chi connectivity index (χ0n) is 17.9. The maximum absolute atomic E-state index is 12.5. The van der Waals surface area contributed by atoms with Gasteiger partial charge in [-0.1, -0.05) is 26.0 Å². The summed E-state index contributed by atoms with van der Waals surface area (Å²) in [4.78, 5) is 4.10. The van der Waals surface area contributed by atoms with Crippen LogP contribution in [0.25, 0.3) is 0 Å². The van der Waals surface area contributed by atoms with Gasteiger partial charge in [-0.15, -0.1) is 24.0 Å². The van der Waals surface area contributed by atoms with Gasteiger partial charge in [-0.3, -0.25) is 4.99 Å². The first-order valence-electron chi connectivity index (χ1n) is 9.12. The molecule has 0 spiro atoms. The van der Waals surface area contributed by atoms with Crippen LogP contribution in [0.5, 0.6) is 5.75 Å². The van der Waals surface area contributed by atoms with E-state index in [1.807, 2.05) is 13.8 Å². The molecule has 11 heteroatoms. The summed E-state index contributed by atoms with van der Waals surface area (Å²) in [5, 5.41) is 6.17. The average molecular weight is 565 g/mol. The number of sulfone groups is 1. The molecule has 0 aliphatic rings. The van der Waals surface area contributed by atoms with Gasteiger partial charge >= 0.3 is 6.18 Å². The number of hydrogen-bond donors (Lipinski definition) is 2. The molecule has 2 N–H and O–H groups in total. The van der Waals surface area contributed by atoms with Crippen molar-refractivity contribution >= 4 is 39.8 Å². The molecule has 0 aliphatic carbocycles. The molecule has 0 radical (unpaired) electrons. The Morgan fingerprint density at radius 1 is 1.20 bits per heavy atom. The first-order chi connectivity index (χ1) is 13.2. The van der Waals surface area contributed by atoms with E-state index in [9.17, 15) is 21.6 Å². The van der Waals surface area contributed by atoms with Crippen molar-refractivity contribution in [3.05, 3.63) is 29.3 Å². The van der Waals surface area contributed by atoms with E-state index in [1.54, 1.807) is 32.2 Å². The van der Waals surface area contributed by atoms with E-state index in [0.29, 0.717) is 24.5 Å². The van der Waals surface area contributed by atoms with Crippen molar-refractivity contribution in [1.82, 2.24) is 10.6 Å². The maximum Gasteiger partial charge on any atom is 0.422 e. The number of rotatable bonds is 9. The fourth-order valence-corrected chi connectivity index (χ4v) is 3.30. The number of hydrogen-bond acceptors (Lipinski definition) is 4. The summed E-state index contributed by atoms with van der Waals surface area (Å²) in [5.41, 5.74) is 1.08. The predicted molar refractivity (Wildman–Crippen MR) is 124 cm³/mol.